The summed E-state index contributed by atoms with van der Waals surface area (Å²) in [7, 11) is 0. The van der Waals surface area contributed by atoms with E-state index in [1.807, 2.05) is 0 Å². The summed E-state index contributed by atoms with van der Waals surface area (Å²) in [4.78, 5) is 11.8. The predicted octanol–water partition coefficient (Wildman–Crippen LogP) is 3.91. The maximum absolute atomic E-state index is 13.4. The summed E-state index contributed by atoms with van der Waals surface area (Å²) in [5.41, 5.74) is 0.368. The lowest BCUT2D eigenvalue weighted by molar-refractivity contribution is 0.0715. The summed E-state index contributed by atoms with van der Waals surface area (Å²) >= 11 is 0. The summed E-state index contributed by atoms with van der Waals surface area (Å²) in [5, 5.41) is 0. The van der Waals surface area contributed by atoms with Crippen molar-refractivity contribution in [3.8, 4) is 5.75 Å². The lowest BCUT2D eigenvalue weighted by Gasteiger charge is -2.09. The second kappa shape index (κ2) is 5.51. The third-order valence-corrected chi connectivity index (χ3v) is 2.73. The van der Waals surface area contributed by atoms with E-state index in [4.69, 9.17) is 0 Å². The molecule has 2 rings (SSSR count). The molecule has 2 nitrogen and oxygen atoms in total. The summed E-state index contributed by atoms with van der Waals surface area (Å²) in [6.45, 7) is 1.52. The van der Waals surface area contributed by atoms with Crippen molar-refractivity contribution in [3.05, 3.63) is 64.5 Å². The molecule has 0 amide bonds. The maximum atomic E-state index is 13.4. The first-order valence-corrected chi connectivity index (χ1v) is 5.63. The lowest BCUT2D eigenvalue weighted by atomic mass is 10.1. The molecule has 21 heavy (non-hydrogen) atoms. The Hall–Kier alpha value is -2.44. The van der Waals surface area contributed by atoms with Crippen LogP contribution in [0.1, 0.15) is 15.9 Å². The fourth-order valence-electron chi connectivity index (χ4n) is 1.62. The number of hydrogen-bond acceptors (Lipinski definition) is 2. The zero-order chi connectivity index (χ0) is 15.7. The Kier molecular flexibility index (Phi) is 3.93. The molecule has 110 valence electrons. The third-order valence-electron chi connectivity index (χ3n) is 2.73. The number of benzene rings is 2. The van der Waals surface area contributed by atoms with E-state index in [0.717, 1.165) is 0 Å². The van der Waals surface area contributed by atoms with Crippen LogP contribution in [0.15, 0.2) is 24.3 Å². The first kappa shape index (κ1) is 15.0. The molecule has 0 bridgehead atoms. The van der Waals surface area contributed by atoms with Crippen molar-refractivity contribution in [1.29, 1.82) is 0 Å². The minimum atomic E-state index is -2.32. The second-order valence-electron chi connectivity index (χ2n) is 4.10. The van der Waals surface area contributed by atoms with Crippen LogP contribution < -0.4 is 4.74 Å². The third kappa shape index (κ3) is 2.58. The Bertz CT molecular complexity index is 699. The van der Waals surface area contributed by atoms with Gasteiger partial charge < -0.3 is 4.74 Å². The van der Waals surface area contributed by atoms with Gasteiger partial charge in [0, 0.05) is 0 Å². The highest BCUT2D eigenvalue weighted by Gasteiger charge is 2.29. The molecule has 0 atom stereocenters. The molecule has 0 saturated carbocycles. The zero-order valence-electron chi connectivity index (χ0n) is 10.5. The number of carbonyl (C=O) groups excluding carboxylic acids is 1. The summed E-state index contributed by atoms with van der Waals surface area (Å²) in [6, 6.07) is 5.88. The Labute approximate surface area is 115 Å². The SMILES string of the molecule is Cc1ccccc1C(=O)Oc1c(F)c(F)c(F)c(F)c1F. The van der Waals surface area contributed by atoms with E-state index in [-0.39, 0.29) is 5.56 Å². The maximum Gasteiger partial charge on any atom is 0.344 e. The smallest absolute Gasteiger partial charge is 0.344 e. The van der Waals surface area contributed by atoms with Gasteiger partial charge in [-0.3, -0.25) is 0 Å². The van der Waals surface area contributed by atoms with Gasteiger partial charge in [0.2, 0.25) is 34.8 Å². The molecule has 0 aliphatic carbocycles. The molecule has 0 radical (unpaired) electrons. The number of halogens is 5. The summed E-state index contributed by atoms with van der Waals surface area (Å²) in [6.07, 6.45) is 0. The van der Waals surface area contributed by atoms with E-state index in [1.54, 1.807) is 6.07 Å². The lowest BCUT2D eigenvalue weighted by Crippen LogP contribution is -2.14. The molecule has 2 aromatic carbocycles. The van der Waals surface area contributed by atoms with Crippen LogP contribution >= 0.6 is 0 Å². The Balaban J connectivity index is 2.46. The van der Waals surface area contributed by atoms with E-state index in [0.29, 0.717) is 5.56 Å². The molecule has 2 aromatic rings. The number of rotatable bonds is 2. The van der Waals surface area contributed by atoms with Gasteiger partial charge in [0.1, 0.15) is 0 Å². The van der Waals surface area contributed by atoms with Crippen LogP contribution in [0.5, 0.6) is 5.75 Å². The van der Waals surface area contributed by atoms with Crippen LogP contribution in [-0.2, 0) is 0 Å². The molecule has 0 fully saturated rings. The van der Waals surface area contributed by atoms with E-state index in [9.17, 15) is 26.7 Å². The van der Waals surface area contributed by atoms with Crippen LogP contribution in [0.25, 0.3) is 0 Å². The molecule has 0 aliphatic rings. The van der Waals surface area contributed by atoms with E-state index < -0.39 is 40.8 Å². The molecular formula is C14H7F5O2. The zero-order valence-corrected chi connectivity index (χ0v) is 10.5. The number of hydrogen-bond donors (Lipinski definition) is 0. The van der Waals surface area contributed by atoms with Crippen LogP contribution in [0.4, 0.5) is 22.0 Å². The van der Waals surface area contributed by atoms with Crippen LogP contribution in [-0.4, -0.2) is 5.97 Å². The standard InChI is InChI=1S/C14H7F5O2/c1-6-4-2-3-5-7(6)14(20)21-13-11(18)9(16)8(15)10(17)12(13)19/h2-5H,1H3. The summed E-state index contributed by atoms with van der Waals surface area (Å²) < 4.78 is 69.9. The Morgan fingerprint density at radius 3 is 1.86 bits per heavy atom. The fraction of sp³-hybridized carbons (Fsp3) is 0.0714. The minimum Gasteiger partial charge on any atom is -0.416 e. The van der Waals surface area contributed by atoms with Gasteiger partial charge in [-0.2, -0.15) is 8.78 Å². The van der Waals surface area contributed by atoms with Crippen molar-refractivity contribution >= 4 is 5.97 Å². The van der Waals surface area contributed by atoms with Crippen molar-refractivity contribution in [1.82, 2.24) is 0 Å². The molecular weight excluding hydrogens is 295 g/mol. The molecule has 0 heterocycles. The average molecular weight is 302 g/mol. The highest BCUT2D eigenvalue weighted by Crippen LogP contribution is 2.29. The van der Waals surface area contributed by atoms with Gasteiger partial charge in [-0.05, 0) is 18.6 Å². The van der Waals surface area contributed by atoms with Crippen molar-refractivity contribution in [3.63, 3.8) is 0 Å². The van der Waals surface area contributed by atoms with E-state index in [1.165, 1.54) is 25.1 Å². The quantitative estimate of drug-likeness (QED) is 0.276. The van der Waals surface area contributed by atoms with Crippen molar-refractivity contribution < 1.29 is 31.5 Å². The largest absolute Gasteiger partial charge is 0.416 e. The van der Waals surface area contributed by atoms with Crippen molar-refractivity contribution in [2.45, 2.75) is 6.92 Å². The molecule has 0 N–H and O–H groups in total. The van der Waals surface area contributed by atoms with E-state index >= 15 is 0 Å². The highest BCUT2D eigenvalue weighted by atomic mass is 19.2. The van der Waals surface area contributed by atoms with E-state index in [2.05, 4.69) is 4.74 Å². The van der Waals surface area contributed by atoms with Gasteiger partial charge in [0.05, 0.1) is 5.56 Å². The molecule has 0 aliphatic heterocycles. The first-order chi connectivity index (χ1) is 9.84. The number of aryl methyl sites for hydroxylation is 1. The minimum absolute atomic E-state index is 0.0542. The Morgan fingerprint density at radius 1 is 0.857 bits per heavy atom. The van der Waals surface area contributed by atoms with Crippen molar-refractivity contribution in [2.24, 2.45) is 0 Å². The number of esters is 1. The van der Waals surface area contributed by atoms with Gasteiger partial charge in [0.15, 0.2) is 0 Å². The molecule has 7 heteroatoms. The monoisotopic (exact) mass is 302 g/mol. The Morgan fingerprint density at radius 2 is 1.33 bits per heavy atom. The predicted molar refractivity (Wildman–Crippen MR) is 62.4 cm³/mol. The highest BCUT2D eigenvalue weighted by molar-refractivity contribution is 5.92. The molecule has 0 aromatic heterocycles. The normalized spacial score (nSPS) is 10.6. The fourth-order valence-corrected chi connectivity index (χ4v) is 1.62. The molecule has 0 unspecified atom stereocenters. The van der Waals surface area contributed by atoms with Gasteiger partial charge in [-0.15, -0.1) is 0 Å². The van der Waals surface area contributed by atoms with Crippen LogP contribution in [0.3, 0.4) is 0 Å². The van der Waals surface area contributed by atoms with Crippen LogP contribution in [0, 0.1) is 36.0 Å². The number of ether oxygens (including phenoxy) is 1. The van der Waals surface area contributed by atoms with Gasteiger partial charge in [-0.25, -0.2) is 18.0 Å². The number of carbonyl (C=O) groups is 1. The van der Waals surface area contributed by atoms with Gasteiger partial charge >= 0.3 is 5.97 Å². The average Bonchev–Trinajstić information content (AvgIpc) is 2.48. The topological polar surface area (TPSA) is 26.3 Å². The molecule has 0 saturated heterocycles. The summed E-state index contributed by atoms with van der Waals surface area (Å²) in [5.74, 6) is -13.9. The van der Waals surface area contributed by atoms with Crippen LogP contribution in [0.2, 0.25) is 0 Å². The first-order valence-electron chi connectivity index (χ1n) is 5.63. The second-order valence-corrected chi connectivity index (χ2v) is 4.10. The van der Waals surface area contributed by atoms with Gasteiger partial charge in [0.25, 0.3) is 0 Å². The molecule has 0 spiro atoms. The van der Waals surface area contributed by atoms with Crippen molar-refractivity contribution in [2.75, 3.05) is 0 Å². The van der Waals surface area contributed by atoms with Gasteiger partial charge in [-0.1, -0.05) is 18.2 Å².